The van der Waals surface area contributed by atoms with Crippen molar-refractivity contribution >= 4 is 12.1 Å². The van der Waals surface area contributed by atoms with E-state index >= 15 is 0 Å². The lowest BCUT2D eigenvalue weighted by molar-refractivity contribution is -0.131. The average molecular weight is 418 g/mol. The van der Waals surface area contributed by atoms with Gasteiger partial charge in [-0.15, -0.1) is 0 Å². The molecule has 0 heterocycles. The molecule has 31 heavy (non-hydrogen) atoms. The second-order valence-corrected chi connectivity index (χ2v) is 6.67. The lowest BCUT2D eigenvalue weighted by Crippen LogP contribution is -2.26. The van der Waals surface area contributed by atoms with Gasteiger partial charge < -0.3 is 14.2 Å². The van der Waals surface area contributed by atoms with Crippen molar-refractivity contribution in [2.45, 2.75) is 19.6 Å². The quantitative estimate of drug-likeness (QED) is 0.389. The van der Waals surface area contributed by atoms with Crippen LogP contribution in [0, 0.1) is 0 Å². The Morgan fingerprint density at radius 2 is 1.68 bits per heavy atom. The molecule has 3 aromatic carbocycles. The highest BCUT2D eigenvalue weighted by molar-refractivity contribution is 5.85. The largest absolute Gasteiger partial charge is 0.490 e. The van der Waals surface area contributed by atoms with Gasteiger partial charge in [-0.3, -0.25) is 4.79 Å². The first-order valence-corrected chi connectivity index (χ1v) is 10.1. The van der Waals surface area contributed by atoms with Gasteiger partial charge in [-0.05, 0) is 41.8 Å². The number of rotatable bonds is 10. The van der Waals surface area contributed by atoms with Crippen LogP contribution in [-0.2, 0) is 16.1 Å². The number of nitrogens with zero attached hydrogens (tertiary/aromatic N) is 1. The van der Waals surface area contributed by atoms with Gasteiger partial charge in [-0.2, -0.15) is 5.10 Å². The lowest BCUT2D eigenvalue weighted by atomic mass is 10.1. The summed E-state index contributed by atoms with van der Waals surface area (Å²) in [5.41, 5.74) is 5.13. The first-order chi connectivity index (χ1) is 15.2. The molecule has 0 aliphatic rings. The van der Waals surface area contributed by atoms with E-state index in [0.717, 1.165) is 16.7 Å². The summed E-state index contributed by atoms with van der Waals surface area (Å²) in [5.74, 6) is 0.918. The fourth-order valence-electron chi connectivity index (χ4n) is 2.98. The number of carbonyl (C=O) groups is 1. The van der Waals surface area contributed by atoms with Crippen LogP contribution in [0.25, 0.3) is 0 Å². The van der Waals surface area contributed by atoms with Crippen LogP contribution in [0.5, 0.6) is 11.5 Å². The van der Waals surface area contributed by atoms with Crippen LogP contribution < -0.4 is 14.9 Å². The second-order valence-electron chi connectivity index (χ2n) is 6.67. The molecule has 0 spiro atoms. The Kier molecular flexibility index (Phi) is 8.20. The van der Waals surface area contributed by atoms with Crippen molar-refractivity contribution in [3.63, 3.8) is 0 Å². The molecule has 1 N–H and O–H groups in total. The number of amides is 1. The zero-order valence-corrected chi connectivity index (χ0v) is 17.7. The number of methoxy groups -OCH3 is 1. The van der Waals surface area contributed by atoms with Gasteiger partial charge in [0.2, 0.25) is 0 Å². The molecular weight excluding hydrogens is 392 g/mol. The van der Waals surface area contributed by atoms with E-state index in [4.69, 9.17) is 14.2 Å². The fourth-order valence-corrected chi connectivity index (χ4v) is 2.98. The number of benzene rings is 3. The van der Waals surface area contributed by atoms with Gasteiger partial charge in [0.15, 0.2) is 17.6 Å². The highest BCUT2D eigenvalue weighted by atomic mass is 16.5. The summed E-state index contributed by atoms with van der Waals surface area (Å²) in [7, 11) is 1.49. The van der Waals surface area contributed by atoms with Crippen LogP contribution in [-0.4, -0.2) is 25.8 Å². The van der Waals surface area contributed by atoms with Crippen LogP contribution in [0.3, 0.4) is 0 Å². The van der Waals surface area contributed by atoms with Crippen molar-refractivity contribution < 1.29 is 19.0 Å². The number of hydrogen-bond donors (Lipinski definition) is 1. The minimum Gasteiger partial charge on any atom is -0.490 e. The Hall–Kier alpha value is -3.64. The molecule has 6 heteroatoms. The number of hydrogen-bond acceptors (Lipinski definition) is 5. The molecule has 1 atom stereocenters. The molecule has 0 saturated carbocycles. The van der Waals surface area contributed by atoms with Crippen molar-refractivity contribution in [3.05, 3.63) is 95.6 Å². The number of hydrazone groups is 1. The SMILES string of the molecule is CCOc1cc(C=NNC(=O)C(OC)c2ccccc2)ccc1OCc1ccccc1. The first-order valence-electron chi connectivity index (χ1n) is 10.1. The summed E-state index contributed by atoms with van der Waals surface area (Å²) >= 11 is 0. The summed E-state index contributed by atoms with van der Waals surface area (Å²) in [4.78, 5) is 12.4. The smallest absolute Gasteiger partial charge is 0.273 e. The van der Waals surface area contributed by atoms with Crippen LogP contribution in [0.15, 0.2) is 84.0 Å². The molecule has 0 aliphatic carbocycles. The van der Waals surface area contributed by atoms with Crippen molar-refractivity contribution in [1.29, 1.82) is 0 Å². The molecule has 3 aromatic rings. The molecule has 0 aromatic heterocycles. The summed E-state index contributed by atoms with van der Waals surface area (Å²) in [5, 5.41) is 4.06. The van der Waals surface area contributed by atoms with Crippen molar-refractivity contribution in [2.75, 3.05) is 13.7 Å². The van der Waals surface area contributed by atoms with E-state index in [2.05, 4.69) is 10.5 Å². The Balaban J connectivity index is 1.64. The Labute approximate surface area is 182 Å². The summed E-state index contributed by atoms with van der Waals surface area (Å²) in [6.07, 6.45) is 0.824. The minimum absolute atomic E-state index is 0.349. The molecule has 1 amide bonds. The zero-order chi connectivity index (χ0) is 21.9. The highest BCUT2D eigenvalue weighted by Crippen LogP contribution is 2.29. The number of nitrogens with one attached hydrogen (secondary N) is 1. The molecular formula is C25H26N2O4. The van der Waals surface area contributed by atoms with Crippen molar-refractivity contribution in [2.24, 2.45) is 5.10 Å². The van der Waals surface area contributed by atoms with E-state index in [1.807, 2.05) is 85.8 Å². The summed E-state index contributed by atoms with van der Waals surface area (Å²) in [6, 6.07) is 24.7. The maximum absolute atomic E-state index is 12.4. The first kappa shape index (κ1) is 22.1. The fraction of sp³-hybridized carbons (Fsp3) is 0.200. The molecule has 0 radical (unpaired) electrons. The topological polar surface area (TPSA) is 69.2 Å². The van der Waals surface area contributed by atoms with E-state index in [0.29, 0.717) is 24.7 Å². The van der Waals surface area contributed by atoms with Crippen LogP contribution in [0.4, 0.5) is 0 Å². The third-order valence-corrected chi connectivity index (χ3v) is 4.47. The van der Waals surface area contributed by atoms with Gasteiger partial charge in [0.1, 0.15) is 6.61 Å². The molecule has 6 nitrogen and oxygen atoms in total. The van der Waals surface area contributed by atoms with E-state index in [1.165, 1.54) is 7.11 Å². The van der Waals surface area contributed by atoms with E-state index in [1.54, 1.807) is 6.21 Å². The monoisotopic (exact) mass is 418 g/mol. The third-order valence-electron chi connectivity index (χ3n) is 4.47. The molecule has 1 unspecified atom stereocenters. The van der Waals surface area contributed by atoms with Crippen LogP contribution >= 0.6 is 0 Å². The standard InChI is InChI=1S/C25H26N2O4/c1-3-30-23-16-20(14-15-22(23)31-18-19-10-6-4-7-11-19)17-26-27-25(28)24(29-2)21-12-8-5-9-13-21/h4-17,24H,3,18H2,1-2H3,(H,27,28). The Morgan fingerprint density at radius 1 is 0.968 bits per heavy atom. The highest BCUT2D eigenvalue weighted by Gasteiger charge is 2.19. The molecule has 0 bridgehead atoms. The molecule has 0 aliphatic heterocycles. The third kappa shape index (κ3) is 6.42. The van der Waals surface area contributed by atoms with E-state index < -0.39 is 6.10 Å². The van der Waals surface area contributed by atoms with E-state index in [-0.39, 0.29) is 5.91 Å². The number of ether oxygens (including phenoxy) is 3. The summed E-state index contributed by atoms with van der Waals surface area (Å²) in [6.45, 7) is 2.87. The van der Waals surface area contributed by atoms with Gasteiger partial charge in [0.25, 0.3) is 5.91 Å². The Morgan fingerprint density at radius 3 is 2.35 bits per heavy atom. The predicted molar refractivity (Wildman–Crippen MR) is 120 cm³/mol. The number of carbonyl (C=O) groups excluding carboxylic acids is 1. The van der Waals surface area contributed by atoms with Gasteiger partial charge >= 0.3 is 0 Å². The maximum Gasteiger partial charge on any atom is 0.273 e. The minimum atomic E-state index is -0.730. The van der Waals surface area contributed by atoms with Gasteiger partial charge in [0.05, 0.1) is 12.8 Å². The summed E-state index contributed by atoms with van der Waals surface area (Å²) < 4.78 is 16.9. The molecule has 3 rings (SSSR count). The Bertz CT molecular complexity index is 991. The predicted octanol–water partition coefficient (Wildman–Crippen LogP) is 4.50. The van der Waals surface area contributed by atoms with E-state index in [9.17, 15) is 4.79 Å². The van der Waals surface area contributed by atoms with Gasteiger partial charge in [0, 0.05) is 7.11 Å². The van der Waals surface area contributed by atoms with Gasteiger partial charge in [-0.25, -0.2) is 5.43 Å². The lowest BCUT2D eigenvalue weighted by Gasteiger charge is -2.14. The van der Waals surface area contributed by atoms with Crippen LogP contribution in [0.2, 0.25) is 0 Å². The molecule has 0 saturated heterocycles. The maximum atomic E-state index is 12.4. The normalized spacial score (nSPS) is 11.8. The zero-order valence-electron chi connectivity index (χ0n) is 17.7. The van der Waals surface area contributed by atoms with Crippen molar-refractivity contribution in [3.8, 4) is 11.5 Å². The van der Waals surface area contributed by atoms with Crippen molar-refractivity contribution in [1.82, 2.24) is 5.43 Å². The average Bonchev–Trinajstić information content (AvgIpc) is 2.81. The molecule has 160 valence electrons. The van der Waals surface area contributed by atoms with Crippen LogP contribution in [0.1, 0.15) is 29.7 Å². The van der Waals surface area contributed by atoms with Gasteiger partial charge in [-0.1, -0.05) is 60.7 Å². The molecule has 0 fully saturated rings. The second kappa shape index (κ2) is 11.5.